The monoisotopic (exact) mass is 187 g/mol. The number of alkyl halides is 1. The van der Waals surface area contributed by atoms with Crippen molar-refractivity contribution < 1.29 is 9.18 Å². The Bertz CT molecular complexity index is 238. The Labute approximate surface area is 75.1 Å². The van der Waals surface area contributed by atoms with Crippen LogP contribution in [0.5, 0.6) is 0 Å². The van der Waals surface area contributed by atoms with E-state index < -0.39 is 11.6 Å². The summed E-state index contributed by atoms with van der Waals surface area (Å²) in [6.45, 7) is 1.46. The second-order valence-corrected chi connectivity index (χ2v) is 4.30. The van der Waals surface area contributed by atoms with E-state index in [1.807, 2.05) is 6.07 Å². The lowest BCUT2D eigenvalue weighted by Crippen LogP contribution is -2.08. The van der Waals surface area contributed by atoms with Gasteiger partial charge >= 0.3 is 0 Å². The smallest absolute Gasteiger partial charge is 0.185 e. The van der Waals surface area contributed by atoms with Gasteiger partial charge in [0.05, 0.1) is 6.07 Å². The van der Waals surface area contributed by atoms with Crippen molar-refractivity contribution in [2.75, 3.05) is 5.75 Å². The third-order valence-electron chi connectivity index (χ3n) is 2.08. The lowest BCUT2D eigenvalue weighted by molar-refractivity contribution is -0.109. The minimum Gasteiger partial charge on any atom is -0.288 e. The van der Waals surface area contributed by atoms with E-state index in [4.69, 9.17) is 5.26 Å². The van der Waals surface area contributed by atoms with Crippen LogP contribution in [0.25, 0.3) is 0 Å². The van der Waals surface area contributed by atoms with Crippen molar-refractivity contribution in [3.63, 3.8) is 0 Å². The molecule has 0 saturated heterocycles. The van der Waals surface area contributed by atoms with E-state index in [1.165, 1.54) is 6.92 Å². The van der Waals surface area contributed by atoms with Gasteiger partial charge in [-0.05, 0) is 6.42 Å². The van der Waals surface area contributed by atoms with E-state index in [0.29, 0.717) is 12.2 Å². The SMILES string of the molecule is CC(=O)SC[C@]1(CC#N)C[C@H]1F. The van der Waals surface area contributed by atoms with Crippen molar-refractivity contribution in [3.05, 3.63) is 0 Å². The maximum Gasteiger partial charge on any atom is 0.185 e. The van der Waals surface area contributed by atoms with Gasteiger partial charge in [0.25, 0.3) is 0 Å². The van der Waals surface area contributed by atoms with Crippen LogP contribution in [-0.4, -0.2) is 17.0 Å². The number of nitrogens with zero attached hydrogens (tertiary/aromatic N) is 1. The molecule has 0 unspecified atom stereocenters. The summed E-state index contributed by atoms with van der Waals surface area (Å²) in [6.07, 6.45) is -0.195. The minimum absolute atomic E-state index is 0.00795. The molecule has 0 aromatic carbocycles. The zero-order valence-electron chi connectivity index (χ0n) is 6.84. The first kappa shape index (κ1) is 9.53. The highest BCUT2D eigenvalue weighted by Crippen LogP contribution is 2.53. The lowest BCUT2D eigenvalue weighted by Gasteiger charge is -2.07. The van der Waals surface area contributed by atoms with Crippen molar-refractivity contribution in [2.24, 2.45) is 5.41 Å². The molecule has 0 bridgehead atoms. The van der Waals surface area contributed by atoms with Crippen LogP contribution in [0.4, 0.5) is 4.39 Å². The number of hydrogen-bond donors (Lipinski definition) is 0. The third kappa shape index (κ3) is 1.98. The fraction of sp³-hybridized carbons (Fsp3) is 0.750. The van der Waals surface area contributed by atoms with E-state index in [-0.39, 0.29) is 11.5 Å². The highest BCUT2D eigenvalue weighted by molar-refractivity contribution is 8.13. The molecule has 0 N–H and O–H groups in total. The van der Waals surface area contributed by atoms with Crippen LogP contribution < -0.4 is 0 Å². The minimum atomic E-state index is -0.871. The number of rotatable bonds is 3. The van der Waals surface area contributed by atoms with Gasteiger partial charge in [0.2, 0.25) is 0 Å². The lowest BCUT2D eigenvalue weighted by atomic mass is 10.1. The molecule has 0 heterocycles. The van der Waals surface area contributed by atoms with Gasteiger partial charge in [-0.25, -0.2) is 4.39 Å². The maximum atomic E-state index is 12.8. The molecule has 66 valence electrons. The average Bonchev–Trinajstić information content (AvgIpc) is 2.60. The van der Waals surface area contributed by atoms with E-state index in [0.717, 1.165) is 11.8 Å². The van der Waals surface area contributed by atoms with E-state index in [9.17, 15) is 9.18 Å². The fourth-order valence-electron chi connectivity index (χ4n) is 1.08. The largest absolute Gasteiger partial charge is 0.288 e. The zero-order chi connectivity index (χ0) is 9.19. The average molecular weight is 187 g/mol. The summed E-state index contributed by atoms with van der Waals surface area (Å²) < 4.78 is 12.8. The molecule has 0 radical (unpaired) electrons. The zero-order valence-corrected chi connectivity index (χ0v) is 7.66. The van der Waals surface area contributed by atoms with Gasteiger partial charge in [-0.15, -0.1) is 0 Å². The van der Waals surface area contributed by atoms with Gasteiger partial charge in [0, 0.05) is 24.5 Å². The Balaban J connectivity index is 2.38. The molecular weight excluding hydrogens is 177 g/mol. The van der Waals surface area contributed by atoms with Crippen molar-refractivity contribution in [3.8, 4) is 6.07 Å². The summed E-state index contributed by atoms with van der Waals surface area (Å²) >= 11 is 1.11. The highest BCUT2D eigenvalue weighted by Gasteiger charge is 2.54. The molecule has 0 aliphatic heterocycles. The van der Waals surface area contributed by atoms with Gasteiger partial charge in [-0.2, -0.15) is 5.26 Å². The number of halogens is 1. The van der Waals surface area contributed by atoms with Crippen LogP contribution >= 0.6 is 11.8 Å². The Morgan fingerprint density at radius 1 is 1.92 bits per heavy atom. The number of carbonyl (C=O) groups excluding carboxylic acids is 1. The molecule has 0 aromatic rings. The number of carbonyl (C=O) groups is 1. The number of hydrogen-bond acceptors (Lipinski definition) is 3. The molecule has 1 aliphatic rings. The van der Waals surface area contributed by atoms with Crippen molar-refractivity contribution in [2.45, 2.75) is 25.9 Å². The maximum absolute atomic E-state index is 12.8. The van der Waals surface area contributed by atoms with Crippen molar-refractivity contribution >= 4 is 16.9 Å². The van der Waals surface area contributed by atoms with E-state index >= 15 is 0 Å². The molecule has 4 heteroatoms. The van der Waals surface area contributed by atoms with Crippen LogP contribution in [0, 0.1) is 16.7 Å². The molecule has 1 aliphatic carbocycles. The summed E-state index contributed by atoms with van der Waals surface area (Å²) in [4.78, 5) is 10.6. The van der Waals surface area contributed by atoms with Crippen LogP contribution in [0.15, 0.2) is 0 Å². The van der Waals surface area contributed by atoms with Gasteiger partial charge in [0.1, 0.15) is 6.17 Å². The molecule has 0 aromatic heterocycles. The summed E-state index contributed by atoms with van der Waals surface area (Å²) in [6, 6.07) is 1.96. The van der Waals surface area contributed by atoms with Crippen LogP contribution in [0.2, 0.25) is 0 Å². The molecule has 1 fully saturated rings. The first-order valence-electron chi connectivity index (χ1n) is 3.75. The molecule has 1 rings (SSSR count). The predicted octanol–water partition coefficient (Wildman–Crippen LogP) is 1.91. The second kappa shape index (κ2) is 3.44. The van der Waals surface area contributed by atoms with Gasteiger partial charge in [0.15, 0.2) is 5.12 Å². The van der Waals surface area contributed by atoms with Gasteiger partial charge in [-0.3, -0.25) is 4.79 Å². The molecular formula is C8H10FNOS. The molecule has 0 spiro atoms. The molecule has 0 amide bonds. The molecule has 2 nitrogen and oxygen atoms in total. The Morgan fingerprint density at radius 3 is 2.83 bits per heavy atom. The normalized spacial score (nSPS) is 32.6. The highest BCUT2D eigenvalue weighted by atomic mass is 32.2. The molecule has 1 saturated carbocycles. The topological polar surface area (TPSA) is 40.9 Å². The predicted molar refractivity (Wildman–Crippen MR) is 45.3 cm³/mol. The van der Waals surface area contributed by atoms with Crippen molar-refractivity contribution in [1.29, 1.82) is 5.26 Å². The first-order valence-corrected chi connectivity index (χ1v) is 4.74. The van der Waals surface area contributed by atoms with Crippen molar-refractivity contribution in [1.82, 2.24) is 0 Å². The first-order chi connectivity index (χ1) is 5.60. The summed E-state index contributed by atoms with van der Waals surface area (Å²) in [5.41, 5.74) is -0.495. The van der Waals surface area contributed by atoms with E-state index in [1.54, 1.807) is 0 Å². The Hall–Kier alpha value is -0.560. The quantitative estimate of drug-likeness (QED) is 0.677. The summed E-state index contributed by atoms with van der Waals surface area (Å²) in [5.74, 6) is 0.455. The summed E-state index contributed by atoms with van der Waals surface area (Å²) in [7, 11) is 0. The Morgan fingerprint density at radius 2 is 2.50 bits per heavy atom. The van der Waals surface area contributed by atoms with E-state index in [2.05, 4.69) is 0 Å². The number of thioether (sulfide) groups is 1. The van der Waals surface area contributed by atoms with Crippen LogP contribution in [0.1, 0.15) is 19.8 Å². The van der Waals surface area contributed by atoms with Crippen LogP contribution in [0.3, 0.4) is 0 Å². The Kier molecular flexibility index (Phi) is 2.73. The van der Waals surface area contributed by atoms with Crippen LogP contribution in [-0.2, 0) is 4.79 Å². The third-order valence-corrected chi connectivity index (χ3v) is 3.21. The number of nitriles is 1. The second-order valence-electron chi connectivity index (χ2n) is 3.15. The molecule has 2 atom stereocenters. The van der Waals surface area contributed by atoms with Gasteiger partial charge < -0.3 is 0 Å². The summed E-state index contributed by atoms with van der Waals surface area (Å²) in [5, 5.41) is 8.41. The fourth-order valence-corrected chi connectivity index (χ4v) is 1.98. The molecule has 12 heavy (non-hydrogen) atoms. The van der Waals surface area contributed by atoms with Gasteiger partial charge in [-0.1, -0.05) is 11.8 Å². The standard InChI is InChI=1S/C8H10FNOS/c1-6(11)12-5-8(2-3-10)4-7(8)9/h7H,2,4-5H2,1H3/t7-,8+/m1/s1.